The zero-order valence-electron chi connectivity index (χ0n) is 20.8. The molecule has 2 aromatic heterocycles. The van der Waals surface area contributed by atoms with E-state index in [4.69, 9.17) is 4.74 Å². The maximum Gasteiger partial charge on any atom is 0.255 e. The summed E-state index contributed by atoms with van der Waals surface area (Å²) in [6, 6.07) is 14.0. The van der Waals surface area contributed by atoms with Crippen LogP contribution in [0.25, 0.3) is 22.2 Å². The number of hydrogen-bond donors (Lipinski definition) is 4. The van der Waals surface area contributed by atoms with E-state index in [0.29, 0.717) is 23.3 Å². The SMILES string of the molecule is CNC(=O)c1cc(F)cc(-c2ccc(OC(C)C)c(C(=O)NC(CO)Cc3cc4ncccc4[nH]3)c2)c1. The maximum absolute atomic E-state index is 14.3. The molecule has 9 heteroatoms. The minimum atomic E-state index is -0.579. The largest absolute Gasteiger partial charge is 0.490 e. The first-order chi connectivity index (χ1) is 17.8. The van der Waals surface area contributed by atoms with Gasteiger partial charge in [-0.1, -0.05) is 6.07 Å². The predicted molar refractivity (Wildman–Crippen MR) is 139 cm³/mol. The molecule has 0 aliphatic rings. The number of aliphatic hydroxyl groups is 1. The van der Waals surface area contributed by atoms with Gasteiger partial charge in [0, 0.05) is 30.9 Å². The molecule has 4 rings (SSSR count). The van der Waals surface area contributed by atoms with Crippen molar-refractivity contribution < 1.29 is 23.8 Å². The number of H-pyrrole nitrogens is 1. The molecule has 4 aromatic rings. The van der Waals surface area contributed by atoms with Crippen molar-refractivity contribution in [3.05, 3.63) is 83.4 Å². The van der Waals surface area contributed by atoms with Gasteiger partial charge in [-0.05, 0) is 73.5 Å². The van der Waals surface area contributed by atoms with Crippen LogP contribution in [-0.4, -0.2) is 52.7 Å². The quantitative estimate of drug-likeness (QED) is 0.276. The molecular formula is C28H29FN4O4. The van der Waals surface area contributed by atoms with Crippen molar-refractivity contribution in [1.82, 2.24) is 20.6 Å². The molecule has 0 saturated heterocycles. The fraction of sp³-hybridized carbons (Fsp3) is 0.250. The van der Waals surface area contributed by atoms with Gasteiger partial charge in [-0.2, -0.15) is 0 Å². The first kappa shape index (κ1) is 25.8. The first-order valence-corrected chi connectivity index (χ1v) is 12.0. The Morgan fingerprint density at radius 1 is 1.08 bits per heavy atom. The van der Waals surface area contributed by atoms with Crippen LogP contribution in [0, 0.1) is 5.82 Å². The standard InChI is InChI=1S/C28H29FN4O4/c1-16(2)37-26-7-6-17(18-9-19(27(35)30-3)11-20(29)10-18)12-23(26)28(36)33-22(15-34)13-21-14-25-24(32-21)5-4-8-31-25/h4-12,14,16,22,32,34H,13,15H2,1-3H3,(H,30,35)(H,33,36). The number of aromatic amines is 1. The van der Waals surface area contributed by atoms with Crippen LogP contribution in [0.5, 0.6) is 5.75 Å². The number of aliphatic hydroxyl groups excluding tert-OH is 1. The van der Waals surface area contributed by atoms with E-state index in [1.807, 2.05) is 32.0 Å². The Bertz CT molecular complexity index is 1400. The fourth-order valence-corrected chi connectivity index (χ4v) is 4.09. The minimum Gasteiger partial charge on any atom is -0.490 e. The Hall–Kier alpha value is -4.24. The summed E-state index contributed by atoms with van der Waals surface area (Å²) in [5.41, 5.74) is 3.86. The van der Waals surface area contributed by atoms with Gasteiger partial charge in [0.1, 0.15) is 11.6 Å². The number of nitrogens with zero attached hydrogens (tertiary/aromatic N) is 1. The van der Waals surface area contributed by atoms with Gasteiger partial charge in [0.2, 0.25) is 0 Å². The van der Waals surface area contributed by atoms with Gasteiger partial charge in [-0.3, -0.25) is 14.6 Å². The number of carbonyl (C=O) groups excluding carboxylic acids is 2. The Labute approximate surface area is 213 Å². The van der Waals surface area contributed by atoms with Crippen LogP contribution >= 0.6 is 0 Å². The average Bonchev–Trinajstić information content (AvgIpc) is 3.29. The van der Waals surface area contributed by atoms with Crippen molar-refractivity contribution in [1.29, 1.82) is 0 Å². The molecule has 4 N–H and O–H groups in total. The molecule has 1 unspecified atom stereocenters. The zero-order valence-corrected chi connectivity index (χ0v) is 20.8. The van der Waals surface area contributed by atoms with E-state index in [0.717, 1.165) is 22.8 Å². The maximum atomic E-state index is 14.3. The number of fused-ring (bicyclic) bond motifs is 1. The Balaban J connectivity index is 1.63. The molecule has 2 amide bonds. The third-order valence-electron chi connectivity index (χ3n) is 5.77. The van der Waals surface area contributed by atoms with Crippen molar-refractivity contribution in [2.24, 2.45) is 0 Å². The van der Waals surface area contributed by atoms with Gasteiger partial charge in [0.05, 0.1) is 35.3 Å². The molecule has 192 valence electrons. The lowest BCUT2D eigenvalue weighted by molar-refractivity contribution is 0.0909. The summed E-state index contributed by atoms with van der Waals surface area (Å²) in [7, 11) is 1.47. The average molecular weight is 505 g/mol. The number of benzene rings is 2. The third-order valence-corrected chi connectivity index (χ3v) is 5.77. The summed E-state index contributed by atoms with van der Waals surface area (Å²) in [4.78, 5) is 33.0. The summed E-state index contributed by atoms with van der Waals surface area (Å²) < 4.78 is 20.2. The summed E-state index contributed by atoms with van der Waals surface area (Å²) in [5, 5.41) is 15.3. The molecule has 8 nitrogen and oxygen atoms in total. The molecule has 0 bridgehead atoms. The van der Waals surface area contributed by atoms with Crippen molar-refractivity contribution >= 4 is 22.8 Å². The van der Waals surface area contributed by atoms with E-state index in [1.165, 1.54) is 13.1 Å². The van der Waals surface area contributed by atoms with Crippen LogP contribution in [0.3, 0.4) is 0 Å². The lowest BCUT2D eigenvalue weighted by atomic mass is 9.99. The highest BCUT2D eigenvalue weighted by atomic mass is 19.1. The Morgan fingerprint density at radius 2 is 1.89 bits per heavy atom. The van der Waals surface area contributed by atoms with Gasteiger partial charge < -0.3 is 25.5 Å². The van der Waals surface area contributed by atoms with Gasteiger partial charge in [-0.25, -0.2) is 4.39 Å². The second kappa shape index (κ2) is 11.2. The Morgan fingerprint density at radius 3 is 2.59 bits per heavy atom. The molecule has 37 heavy (non-hydrogen) atoms. The number of nitrogens with one attached hydrogen (secondary N) is 3. The summed E-state index contributed by atoms with van der Waals surface area (Å²) in [6.07, 6.45) is 1.86. The Kier molecular flexibility index (Phi) is 7.83. The zero-order chi connectivity index (χ0) is 26.5. The predicted octanol–water partition coefficient (Wildman–Crippen LogP) is 3.85. The second-order valence-corrected chi connectivity index (χ2v) is 8.97. The molecule has 2 aromatic carbocycles. The number of pyridine rings is 1. The number of aromatic nitrogens is 2. The molecule has 0 fully saturated rings. The molecule has 0 aliphatic heterocycles. The fourth-order valence-electron chi connectivity index (χ4n) is 4.09. The molecular weight excluding hydrogens is 475 g/mol. The summed E-state index contributed by atoms with van der Waals surface area (Å²) in [6.45, 7) is 3.41. The number of halogens is 1. The smallest absolute Gasteiger partial charge is 0.255 e. The van der Waals surface area contributed by atoms with Gasteiger partial charge in [-0.15, -0.1) is 0 Å². The van der Waals surface area contributed by atoms with E-state index in [-0.39, 0.29) is 23.8 Å². The highest BCUT2D eigenvalue weighted by molar-refractivity contribution is 5.99. The number of rotatable bonds is 9. The second-order valence-electron chi connectivity index (χ2n) is 8.97. The van der Waals surface area contributed by atoms with Crippen molar-refractivity contribution in [3.8, 4) is 16.9 Å². The van der Waals surface area contributed by atoms with E-state index in [2.05, 4.69) is 20.6 Å². The van der Waals surface area contributed by atoms with Crippen LogP contribution in [0.15, 0.2) is 60.8 Å². The van der Waals surface area contributed by atoms with Crippen LogP contribution in [0.2, 0.25) is 0 Å². The van der Waals surface area contributed by atoms with Crippen LogP contribution in [-0.2, 0) is 6.42 Å². The number of carbonyl (C=O) groups is 2. The third kappa shape index (κ3) is 6.13. The minimum absolute atomic E-state index is 0.166. The molecule has 1 atom stereocenters. The monoisotopic (exact) mass is 504 g/mol. The molecule has 0 spiro atoms. The van der Waals surface area contributed by atoms with E-state index in [1.54, 1.807) is 30.5 Å². The van der Waals surface area contributed by atoms with Gasteiger partial charge in [0.15, 0.2) is 0 Å². The molecule has 0 saturated carbocycles. The van der Waals surface area contributed by atoms with E-state index in [9.17, 15) is 19.1 Å². The lowest BCUT2D eigenvalue weighted by Crippen LogP contribution is -2.39. The molecule has 0 radical (unpaired) electrons. The molecule has 0 aliphatic carbocycles. The summed E-state index contributed by atoms with van der Waals surface area (Å²) in [5.74, 6) is -1.09. The van der Waals surface area contributed by atoms with Crippen molar-refractivity contribution in [2.75, 3.05) is 13.7 Å². The number of ether oxygens (including phenoxy) is 1. The first-order valence-electron chi connectivity index (χ1n) is 12.0. The molecule has 2 heterocycles. The van der Waals surface area contributed by atoms with E-state index < -0.39 is 23.7 Å². The van der Waals surface area contributed by atoms with Crippen LogP contribution in [0.1, 0.15) is 40.3 Å². The van der Waals surface area contributed by atoms with Crippen LogP contribution < -0.4 is 15.4 Å². The lowest BCUT2D eigenvalue weighted by Gasteiger charge is -2.19. The van der Waals surface area contributed by atoms with Crippen molar-refractivity contribution in [3.63, 3.8) is 0 Å². The van der Waals surface area contributed by atoms with Crippen molar-refractivity contribution in [2.45, 2.75) is 32.4 Å². The number of amides is 2. The van der Waals surface area contributed by atoms with E-state index >= 15 is 0 Å². The van der Waals surface area contributed by atoms with Crippen LogP contribution in [0.4, 0.5) is 4.39 Å². The topological polar surface area (TPSA) is 116 Å². The van der Waals surface area contributed by atoms with Gasteiger partial charge in [0.25, 0.3) is 11.8 Å². The highest BCUT2D eigenvalue weighted by Gasteiger charge is 2.20. The highest BCUT2D eigenvalue weighted by Crippen LogP contribution is 2.29. The number of hydrogen-bond acceptors (Lipinski definition) is 5. The normalized spacial score (nSPS) is 11.9. The van der Waals surface area contributed by atoms with Gasteiger partial charge >= 0.3 is 0 Å². The summed E-state index contributed by atoms with van der Waals surface area (Å²) >= 11 is 0.